The normalized spacial score (nSPS) is 13.2. The van der Waals surface area contributed by atoms with Crippen LogP contribution in [0.2, 0.25) is 0 Å². The Hall–Kier alpha value is -6.84. The zero-order valence-corrected chi connectivity index (χ0v) is 29.1. The van der Waals surface area contributed by atoms with Gasteiger partial charge in [-0.1, -0.05) is 133 Å². The number of hydrogen-bond donors (Lipinski definition) is 0. The Morgan fingerprint density at radius 2 is 1.00 bits per heavy atom. The number of rotatable bonds is 5. The topological polar surface area (TPSA) is 29.5 Å². The van der Waals surface area contributed by atoms with E-state index in [9.17, 15) is 0 Å². The summed E-state index contributed by atoms with van der Waals surface area (Å²) in [7, 11) is 0. The third-order valence-corrected chi connectivity index (χ3v) is 11.4. The van der Waals surface area contributed by atoms with Gasteiger partial charge in [0.25, 0.3) is 0 Å². The van der Waals surface area contributed by atoms with Gasteiger partial charge in [-0.2, -0.15) is 0 Å². The number of furan rings is 2. The molecule has 8 aromatic carbocycles. The largest absolute Gasteiger partial charge is 0.456 e. The highest BCUT2D eigenvalue weighted by Crippen LogP contribution is 2.53. The number of fused-ring (bicyclic) bond motifs is 9. The van der Waals surface area contributed by atoms with Crippen molar-refractivity contribution in [3.05, 3.63) is 199 Å². The second-order valence-corrected chi connectivity index (χ2v) is 14.2. The van der Waals surface area contributed by atoms with Crippen LogP contribution >= 0.6 is 0 Å². The van der Waals surface area contributed by atoms with Crippen molar-refractivity contribution in [1.29, 1.82) is 0 Å². The molecule has 0 radical (unpaired) electrons. The highest BCUT2D eigenvalue weighted by Gasteiger charge is 2.40. The van der Waals surface area contributed by atoms with Crippen LogP contribution in [-0.4, -0.2) is 0 Å². The standard InChI is InChI=1S/C50H33NO2/c1-50(43-18-8-5-14-37(43)38-15-6-9-19-44(38)50)34-24-28-41-42-17-11-20-45(49(42)53-47(41)30-34)51(35-25-22-33(23-26-35)32-12-3-2-4-13-32)36-27-29-40-39-16-7-10-21-46(39)52-48(40)31-36/h2-31H,1H3. The maximum Gasteiger partial charge on any atom is 0.159 e. The molecule has 3 nitrogen and oxygen atoms in total. The molecule has 0 N–H and O–H groups in total. The molecule has 0 saturated heterocycles. The van der Waals surface area contributed by atoms with Gasteiger partial charge in [-0.3, -0.25) is 0 Å². The molecule has 0 atom stereocenters. The summed E-state index contributed by atoms with van der Waals surface area (Å²) in [6, 6.07) is 64.9. The van der Waals surface area contributed by atoms with E-state index in [4.69, 9.17) is 8.83 Å². The third-order valence-electron chi connectivity index (χ3n) is 11.4. The van der Waals surface area contributed by atoms with Crippen molar-refractivity contribution in [1.82, 2.24) is 0 Å². The van der Waals surface area contributed by atoms with E-state index in [0.717, 1.165) is 60.9 Å². The quantitative estimate of drug-likeness (QED) is 0.181. The Morgan fingerprint density at radius 3 is 1.79 bits per heavy atom. The summed E-state index contributed by atoms with van der Waals surface area (Å²) in [5, 5.41) is 4.39. The molecule has 1 aliphatic carbocycles. The summed E-state index contributed by atoms with van der Waals surface area (Å²) in [6.45, 7) is 2.35. The minimum Gasteiger partial charge on any atom is -0.456 e. The number of hydrogen-bond acceptors (Lipinski definition) is 3. The first-order valence-corrected chi connectivity index (χ1v) is 18.2. The molecule has 53 heavy (non-hydrogen) atoms. The fourth-order valence-corrected chi connectivity index (χ4v) is 8.75. The number of anilines is 3. The van der Waals surface area contributed by atoms with Gasteiger partial charge in [0.05, 0.1) is 11.4 Å². The minimum atomic E-state index is -0.308. The van der Waals surface area contributed by atoms with Crippen molar-refractivity contribution in [3.63, 3.8) is 0 Å². The monoisotopic (exact) mass is 679 g/mol. The van der Waals surface area contributed by atoms with Crippen LogP contribution in [0.5, 0.6) is 0 Å². The molecule has 0 unspecified atom stereocenters. The molecular formula is C50H33NO2. The molecule has 0 aliphatic heterocycles. The summed E-state index contributed by atoms with van der Waals surface area (Å²) < 4.78 is 13.4. The van der Waals surface area contributed by atoms with Gasteiger partial charge in [-0.05, 0) is 88.3 Å². The van der Waals surface area contributed by atoms with E-state index in [2.05, 4.69) is 182 Å². The lowest BCUT2D eigenvalue weighted by molar-refractivity contribution is 0.662. The average molecular weight is 680 g/mol. The smallest absolute Gasteiger partial charge is 0.159 e. The second kappa shape index (κ2) is 11.3. The first-order chi connectivity index (χ1) is 26.1. The van der Waals surface area contributed by atoms with Crippen molar-refractivity contribution >= 4 is 60.9 Å². The van der Waals surface area contributed by atoms with E-state index < -0.39 is 0 Å². The lowest BCUT2D eigenvalue weighted by atomic mass is 9.74. The molecule has 0 amide bonds. The van der Waals surface area contributed by atoms with Crippen LogP contribution in [0, 0.1) is 0 Å². The summed E-state index contributed by atoms with van der Waals surface area (Å²) in [5.41, 5.74) is 14.9. The Balaban J connectivity index is 1.10. The summed E-state index contributed by atoms with van der Waals surface area (Å²) in [4.78, 5) is 2.29. The van der Waals surface area contributed by atoms with Gasteiger partial charge in [0, 0.05) is 38.7 Å². The summed E-state index contributed by atoms with van der Waals surface area (Å²) >= 11 is 0. The molecule has 0 saturated carbocycles. The fourth-order valence-electron chi connectivity index (χ4n) is 8.75. The molecular weight excluding hydrogens is 647 g/mol. The van der Waals surface area contributed by atoms with Crippen LogP contribution in [0.25, 0.3) is 66.1 Å². The molecule has 3 heteroatoms. The number of nitrogens with zero attached hydrogens (tertiary/aromatic N) is 1. The van der Waals surface area contributed by atoms with Crippen LogP contribution in [0.1, 0.15) is 23.6 Å². The molecule has 1 aliphatic rings. The van der Waals surface area contributed by atoms with Crippen molar-refractivity contribution in [2.45, 2.75) is 12.3 Å². The Morgan fingerprint density at radius 1 is 0.415 bits per heavy atom. The molecule has 2 aromatic heterocycles. The minimum absolute atomic E-state index is 0.308. The highest BCUT2D eigenvalue weighted by molar-refractivity contribution is 6.11. The summed E-state index contributed by atoms with van der Waals surface area (Å²) in [5.74, 6) is 0. The predicted octanol–water partition coefficient (Wildman–Crippen LogP) is 14.0. The van der Waals surface area contributed by atoms with Crippen LogP contribution in [0.3, 0.4) is 0 Å². The third kappa shape index (κ3) is 4.41. The molecule has 0 fully saturated rings. The number of benzene rings is 8. The zero-order valence-electron chi connectivity index (χ0n) is 29.1. The van der Waals surface area contributed by atoms with Crippen LogP contribution in [0.4, 0.5) is 17.1 Å². The van der Waals surface area contributed by atoms with Gasteiger partial charge in [0.2, 0.25) is 0 Å². The van der Waals surface area contributed by atoms with E-state index in [1.54, 1.807) is 0 Å². The predicted molar refractivity (Wildman–Crippen MR) is 219 cm³/mol. The molecule has 250 valence electrons. The van der Waals surface area contributed by atoms with Gasteiger partial charge >= 0.3 is 0 Å². The maximum absolute atomic E-state index is 6.99. The molecule has 11 rings (SSSR count). The Bertz CT molecular complexity index is 2980. The van der Waals surface area contributed by atoms with Gasteiger partial charge < -0.3 is 13.7 Å². The first kappa shape index (κ1) is 29.8. The van der Waals surface area contributed by atoms with E-state index in [1.165, 1.54) is 38.9 Å². The Labute approximate surface area is 307 Å². The summed E-state index contributed by atoms with van der Waals surface area (Å²) in [6.07, 6.45) is 0. The molecule has 0 spiro atoms. The van der Waals surface area contributed by atoms with E-state index in [-0.39, 0.29) is 5.41 Å². The second-order valence-electron chi connectivity index (χ2n) is 14.2. The first-order valence-electron chi connectivity index (χ1n) is 18.2. The van der Waals surface area contributed by atoms with E-state index >= 15 is 0 Å². The van der Waals surface area contributed by atoms with Gasteiger partial charge in [-0.25, -0.2) is 0 Å². The van der Waals surface area contributed by atoms with Crippen LogP contribution in [0.15, 0.2) is 191 Å². The SMILES string of the molecule is CC1(c2ccc3c(c2)oc2c(N(c4ccc(-c5ccccc5)cc4)c4ccc5c(c4)oc4ccccc45)cccc23)c2ccccc2-c2ccccc21. The van der Waals surface area contributed by atoms with Crippen molar-refractivity contribution in [3.8, 4) is 22.3 Å². The molecule has 0 bridgehead atoms. The fraction of sp³-hybridized carbons (Fsp3) is 0.0400. The van der Waals surface area contributed by atoms with Gasteiger partial charge in [-0.15, -0.1) is 0 Å². The Kier molecular flexibility index (Phi) is 6.38. The van der Waals surface area contributed by atoms with Crippen molar-refractivity contribution in [2.75, 3.05) is 4.90 Å². The number of para-hydroxylation sites is 2. The molecule has 2 heterocycles. The lowest BCUT2D eigenvalue weighted by Crippen LogP contribution is -2.22. The van der Waals surface area contributed by atoms with E-state index in [1.807, 2.05) is 12.1 Å². The van der Waals surface area contributed by atoms with Crippen LogP contribution < -0.4 is 4.90 Å². The van der Waals surface area contributed by atoms with Gasteiger partial charge in [0.15, 0.2) is 5.58 Å². The van der Waals surface area contributed by atoms with Crippen molar-refractivity contribution < 1.29 is 8.83 Å². The van der Waals surface area contributed by atoms with Crippen molar-refractivity contribution in [2.24, 2.45) is 0 Å². The lowest BCUT2D eigenvalue weighted by Gasteiger charge is -2.28. The van der Waals surface area contributed by atoms with Crippen LogP contribution in [-0.2, 0) is 5.41 Å². The van der Waals surface area contributed by atoms with Gasteiger partial charge in [0.1, 0.15) is 16.7 Å². The zero-order chi connectivity index (χ0) is 35.1. The maximum atomic E-state index is 6.99. The van der Waals surface area contributed by atoms with E-state index in [0.29, 0.717) is 0 Å². The molecule has 10 aromatic rings. The average Bonchev–Trinajstić information content (AvgIpc) is 3.87. The highest BCUT2D eigenvalue weighted by atomic mass is 16.3.